The molecule has 34 heavy (non-hydrogen) atoms. The van der Waals surface area contributed by atoms with E-state index in [2.05, 4.69) is 0 Å². The van der Waals surface area contributed by atoms with Crippen LogP contribution in [0.2, 0.25) is 0 Å². The number of carbonyl (C=O) groups is 2. The number of nitrogens with zero attached hydrogens (tertiary/aromatic N) is 2. The van der Waals surface area contributed by atoms with Gasteiger partial charge in [0, 0.05) is 0 Å². The number of aromatic hydroxyl groups is 1. The molecule has 2 saturated heterocycles. The maximum atomic E-state index is 13.7. The summed E-state index contributed by atoms with van der Waals surface area (Å²) in [6.07, 6.45) is -0.996. The molecule has 0 unspecified atom stereocenters. The second-order valence-electron chi connectivity index (χ2n) is 8.28. The van der Waals surface area contributed by atoms with E-state index in [0.29, 0.717) is 16.9 Å². The molecule has 3 atom stereocenters. The van der Waals surface area contributed by atoms with E-state index in [9.17, 15) is 14.7 Å². The van der Waals surface area contributed by atoms with Crippen molar-refractivity contribution >= 4 is 23.2 Å². The summed E-state index contributed by atoms with van der Waals surface area (Å²) in [6.45, 7) is 1.94. The Bertz CT molecular complexity index is 1220. The fourth-order valence-electron chi connectivity index (χ4n) is 4.59. The van der Waals surface area contributed by atoms with Gasteiger partial charge in [-0.05, 0) is 48.9 Å². The molecule has 3 aromatic carbocycles. The molecule has 0 spiro atoms. The number of carbonyl (C=O) groups excluding carboxylic acids is 2. The molecular weight excluding hydrogens is 436 g/mol. The maximum absolute atomic E-state index is 13.7. The molecule has 8 heteroatoms. The van der Waals surface area contributed by atoms with Gasteiger partial charge in [-0.2, -0.15) is 0 Å². The molecule has 0 radical (unpaired) electrons. The number of phenols is 1. The molecule has 2 aliphatic rings. The average Bonchev–Trinajstić information content (AvgIpc) is 3.36. The van der Waals surface area contributed by atoms with E-state index in [1.54, 1.807) is 29.3 Å². The number of phenolic OH excluding ortho intramolecular Hbond substituents is 1. The molecule has 8 nitrogen and oxygen atoms in total. The van der Waals surface area contributed by atoms with Crippen molar-refractivity contribution in [3.05, 3.63) is 77.9 Å². The minimum atomic E-state index is -0.996. The van der Waals surface area contributed by atoms with Crippen molar-refractivity contribution in [2.45, 2.75) is 19.1 Å². The Balaban J connectivity index is 1.63. The largest absolute Gasteiger partial charge is 0.502 e. The lowest BCUT2D eigenvalue weighted by molar-refractivity contribution is -0.126. The van der Waals surface area contributed by atoms with Gasteiger partial charge in [0.25, 0.3) is 5.91 Å². The van der Waals surface area contributed by atoms with Crippen LogP contribution in [-0.4, -0.2) is 37.2 Å². The van der Waals surface area contributed by atoms with Crippen molar-refractivity contribution in [1.29, 1.82) is 0 Å². The van der Waals surface area contributed by atoms with Gasteiger partial charge < -0.3 is 14.6 Å². The Morgan fingerprint density at radius 3 is 2.06 bits per heavy atom. The SMILES string of the molecule is COc1cc([C@@H]2[C@H]3C(=O)N(c4ccc(C)cc4)C(=O)[C@H]3ON2c2ccccc2)cc(OC)c1O. The highest BCUT2D eigenvalue weighted by Gasteiger charge is 2.60. The third-order valence-corrected chi connectivity index (χ3v) is 6.26. The van der Waals surface area contributed by atoms with Crippen LogP contribution >= 0.6 is 0 Å². The van der Waals surface area contributed by atoms with Crippen LogP contribution < -0.4 is 19.4 Å². The Labute approximate surface area is 196 Å². The first-order valence-electron chi connectivity index (χ1n) is 10.8. The standard InChI is InChI=1S/C26H24N2O6/c1-15-9-11-17(12-10-15)27-25(30)21-22(16-13-19(32-2)23(29)20(14-16)33-3)28(34-24(21)26(27)31)18-7-5-4-6-8-18/h4-14,21-22,24,29H,1-3H3/t21-,22-,24+/m1/s1. The molecule has 0 saturated carbocycles. The molecule has 2 heterocycles. The van der Waals surface area contributed by atoms with E-state index in [0.717, 1.165) is 5.56 Å². The summed E-state index contributed by atoms with van der Waals surface area (Å²) in [5.41, 5.74) is 2.82. The van der Waals surface area contributed by atoms with Crippen LogP contribution in [0.1, 0.15) is 17.2 Å². The molecule has 0 aliphatic carbocycles. The number of hydrogen-bond acceptors (Lipinski definition) is 7. The second-order valence-corrected chi connectivity index (χ2v) is 8.28. The predicted molar refractivity (Wildman–Crippen MR) is 125 cm³/mol. The number of para-hydroxylation sites is 1. The molecule has 1 N–H and O–H groups in total. The summed E-state index contributed by atoms with van der Waals surface area (Å²) in [4.78, 5) is 34.5. The number of hydrogen-bond donors (Lipinski definition) is 1. The van der Waals surface area contributed by atoms with Crippen LogP contribution in [0.4, 0.5) is 11.4 Å². The van der Waals surface area contributed by atoms with E-state index >= 15 is 0 Å². The average molecular weight is 460 g/mol. The van der Waals surface area contributed by atoms with Gasteiger partial charge in [-0.1, -0.05) is 35.9 Å². The Morgan fingerprint density at radius 1 is 0.853 bits per heavy atom. The van der Waals surface area contributed by atoms with Crippen molar-refractivity contribution in [2.75, 3.05) is 24.2 Å². The first-order chi connectivity index (χ1) is 16.4. The molecule has 5 rings (SSSR count). The van der Waals surface area contributed by atoms with Gasteiger partial charge in [0.15, 0.2) is 17.6 Å². The monoisotopic (exact) mass is 460 g/mol. The molecular formula is C26H24N2O6. The molecule has 2 amide bonds. The third kappa shape index (κ3) is 3.34. The minimum Gasteiger partial charge on any atom is -0.502 e. The lowest BCUT2D eigenvalue weighted by Gasteiger charge is -2.29. The van der Waals surface area contributed by atoms with E-state index in [1.807, 2.05) is 49.4 Å². The van der Waals surface area contributed by atoms with Crippen LogP contribution in [0.3, 0.4) is 0 Å². The topological polar surface area (TPSA) is 88.5 Å². The highest BCUT2D eigenvalue weighted by molar-refractivity contribution is 6.23. The third-order valence-electron chi connectivity index (χ3n) is 6.26. The Kier molecular flexibility index (Phi) is 5.37. The fraction of sp³-hybridized carbons (Fsp3) is 0.231. The van der Waals surface area contributed by atoms with E-state index < -0.39 is 24.0 Å². The van der Waals surface area contributed by atoms with Gasteiger partial charge in [0.05, 0.1) is 31.6 Å². The van der Waals surface area contributed by atoms with E-state index in [4.69, 9.17) is 14.3 Å². The zero-order valence-corrected chi connectivity index (χ0v) is 19.0. The number of anilines is 2. The van der Waals surface area contributed by atoms with Gasteiger partial charge in [-0.3, -0.25) is 14.4 Å². The number of benzene rings is 3. The number of hydroxylamine groups is 1. The van der Waals surface area contributed by atoms with Crippen LogP contribution in [0.15, 0.2) is 66.7 Å². The number of imide groups is 1. The van der Waals surface area contributed by atoms with E-state index in [1.165, 1.54) is 19.1 Å². The number of aryl methyl sites for hydroxylation is 1. The zero-order chi connectivity index (χ0) is 24.0. The van der Waals surface area contributed by atoms with Crippen LogP contribution in [0.5, 0.6) is 17.2 Å². The number of methoxy groups -OCH3 is 2. The molecule has 2 aliphatic heterocycles. The van der Waals surface area contributed by atoms with Gasteiger partial charge in [-0.25, -0.2) is 9.96 Å². The summed E-state index contributed by atoms with van der Waals surface area (Å²) in [6, 6.07) is 19.1. The number of fused-ring (bicyclic) bond motifs is 1. The van der Waals surface area contributed by atoms with Crippen LogP contribution in [0.25, 0.3) is 0 Å². The molecule has 2 fully saturated rings. The first kappa shape index (κ1) is 21.8. The van der Waals surface area contributed by atoms with Gasteiger partial charge in [0.1, 0.15) is 5.92 Å². The molecule has 0 bridgehead atoms. The lowest BCUT2D eigenvalue weighted by Crippen LogP contribution is -2.37. The van der Waals surface area contributed by atoms with Crippen molar-refractivity contribution in [3.63, 3.8) is 0 Å². The van der Waals surface area contributed by atoms with E-state index in [-0.39, 0.29) is 23.2 Å². The quantitative estimate of drug-likeness (QED) is 0.580. The fourth-order valence-corrected chi connectivity index (χ4v) is 4.59. The molecule has 174 valence electrons. The highest BCUT2D eigenvalue weighted by atomic mass is 16.7. The van der Waals surface area contributed by atoms with Crippen molar-refractivity contribution in [2.24, 2.45) is 5.92 Å². The van der Waals surface area contributed by atoms with Crippen LogP contribution in [0, 0.1) is 12.8 Å². The van der Waals surface area contributed by atoms with Crippen molar-refractivity contribution < 1.29 is 29.0 Å². The summed E-state index contributed by atoms with van der Waals surface area (Å²) in [7, 11) is 2.87. The number of ether oxygens (including phenoxy) is 2. The first-order valence-corrected chi connectivity index (χ1v) is 10.8. The normalized spacial score (nSPS) is 21.7. The summed E-state index contributed by atoms with van der Waals surface area (Å²) >= 11 is 0. The lowest BCUT2D eigenvalue weighted by atomic mass is 9.90. The molecule has 3 aromatic rings. The minimum absolute atomic E-state index is 0.148. The summed E-state index contributed by atoms with van der Waals surface area (Å²) in [5, 5.41) is 12.0. The van der Waals surface area contributed by atoms with Crippen molar-refractivity contribution in [1.82, 2.24) is 0 Å². The zero-order valence-electron chi connectivity index (χ0n) is 19.0. The Morgan fingerprint density at radius 2 is 1.47 bits per heavy atom. The van der Waals surface area contributed by atoms with Gasteiger partial charge >= 0.3 is 0 Å². The van der Waals surface area contributed by atoms with Gasteiger partial charge in [-0.15, -0.1) is 0 Å². The smallest absolute Gasteiger partial charge is 0.266 e. The van der Waals surface area contributed by atoms with Gasteiger partial charge in [0.2, 0.25) is 11.7 Å². The van der Waals surface area contributed by atoms with Crippen LogP contribution in [-0.2, 0) is 14.4 Å². The maximum Gasteiger partial charge on any atom is 0.266 e. The predicted octanol–water partition coefficient (Wildman–Crippen LogP) is 3.77. The highest BCUT2D eigenvalue weighted by Crippen LogP contribution is 2.50. The molecule has 0 aromatic heterocycles. The number of rotatable bonds is 5. The second kappa shape index (κ2) is 8.39. The summed E-state index contributed by atoms with van der Waals surface area (Å²) in [5.74, 6) is -1.34. The Hall–Kier alpha value is -4.04. The number of amides is 2. The summed E-state index contributed by atoms with van der Waals surface area (Å²) < 4.78 is 10.7. The van der Waals surface area contributed by atoms with Crippen molar-refractivity contribution in [3.8, 4) is 17.2 Å².